The van der Waals surface area contributed by atoms with E-state index in [-0.39, 0.29) is 23.6 Å². The largest absolute Gasteiger partial charge is 0.352 e. The fourth-order valence-electron chi connectivity index (χ4n) is 3.91. The Balaban J connectivity index is 1.65. The summed E-state index contributed by atoms with van der Waals surface area (Å²) in [6.07, 6.45) is 5.49. The number of amides is 2. The topological polar surface area (TPSA) is 49.4 Å². The lowest BCUT2D eigenvalue weighted by atomic mass is 9.95. The zero-order valence-corrected chi connectivity index (χ0v) is 21.7. The van der Waals surface area contributed by atoms with E-state index in [2.05, 4.69) is 5.32 Å². The quantitative estimate of drug-likeness (QED) is 0.392. The van der Waals surface area contributed by atoms with Crippen LogP contribution in [-0.2, 0) is 21.9 Å². The van der Waals surface area contributed by atoms with Crippen molar-refractivity contribution in [2.45, 2.75) is 63.4 Å². The van der Waals surface area contributed by atoms with Gasteiger partial charge in [-0.25, -0.2) is 0 Å². The number of nitrogens with one attached hydrogen (secondary N) is 1. The van der Waals surface area contributed by atoms with E-state index in [0.29, 0.717) is 27.4 Å². The van der Waals surface area contributed by atoms with Gasteiger partial charge in [0.25, 0.3) is 0 Å². The molecule has 0 aromatic heterocycles. The number of thioether (sulfide) groups is 1. The maximum atomic E-state index is 13.2. The Morgan fingerprint density at radius 2 is 1.70 bits per heavy atom. The first-order valence-corrected chi connectivity index (χ1v) is 13.5. The van der Waals surface area contributed by atoms with Gasteiger partial charge in [0.15, 0.2) is 0 Å². The van der Waals surface area contributed by atoms with Crippen LogP contribution in [0, 0.1) is 0 Å². The standard InChI is InChI=1S/C25H29Cl3N2O2S/c1-17(25(32)29-22-5-3-2-4-6-22)30(14-18-7-10-20(26)11-8-18)24(31)16-33-15-19-9-12-21(27)13-23(19)28/h7-13,17,22H,2-6,14-16H2,1H3,(H,29,32)/t17-/m1/s1. The molecule has 2 amide bonds. The van der Waals surface area contributed by atoms with Crippen LogP contribution in [-0.4, -0.2) is 34.6 Å². The molecule has 2 aromatic rings. The van der Waals surface area contributed by atoms with Gasteiger partial charge in [0.1, 0.15) is 6.04 Å². The average molecular weight is 528 g/mol. The van der Waals surface area contributed by atoms with Crippen molar-refractivity contribution in [1.29, 1.82) is 0 Å². The Bertz CT molecular complexity index is 949. The minimum absolute atomic E-state index is 0.0914. The van der Waals surface area contributed by atoms with Crippen LogP contribution in [0.25, 0.3) is 0 Å². The highest BCUT2D eigenvalue weighted by molar-refractivity contribution is 7.99. The average Bonchev–Trinajstić information content (AvgIpc) is 2.80. The molecule has 2 aromatic carbocycles. The summed E-state index contributed by atoms with van der Waals surface area (Å²) >= 11 is 19.7. The molecule has 1 atom stereocenters. The number of carbonyl (C=O) groups is 2. The van der Waals surface area contributed by atoms with Gasteiger partial charge in [-0.05, 0) is 55.2 Å². The number of carbonyl (C=O) groups excluding carboxylic acids is 2. The number of benzene rings is 2. The van der Waals surface area contributed by atoms with Crippen molar-refractivity contribution in [3.63, 3.8) is 0 Å². The molecule has 0 saturated heterocycles. The smallest absolute Gasteiger partial charge is 0.242 e. The van der Waals surface area contributed by atoms with Crippen molar-refractivity contribution in [3.05, 3.63) is 68.7 Å². The lowest BCUT2D eigenvalue weighted by molar-refractivity contribution is -0.139. The van der Waals surface area contributed by atoms with Crippen molar-refractivity contribution in [1.82, 2.24) is 10.2 Å². The van der Waals surface area contributed by atoms with Crippen molar-refractivity contribution in [3.8, 4) is 0 Å². The molecule has 8 heteroatoms. The van der Waals surface area contributed by atoms with E-state index in [1.54, 1.807) is 36.1 Å². The molecule has 0 radical (unpaired) electrons. The summed E-state index contributed by atoms with van der Waals surface area (Å²) in [7, 11) is 0. The highest BCUT2D eigenvalue weighted by Crippen LogP contribution is 2.25. The molecule has 0 unspecified atom stereocenters. The zero-order valence-electron chi connectivity index (χ0n) is 18.7. The summed E-state index contributed by atoms with van der Waals surface area (Å²) in [5.74, 6) is 0.633. The summed E-state index contributed by atoms with van der Waals surface area (Å²) in [6.45, 7) is 2.14. The second-order valence-corrected chi connectivity index (χ2v) is 10.7. The van der Waals surface area contributed by atoms with E-state index in [0.717, 1.165) is 36.8 Å². The van der Waals surface area contributed by atoms with E-state index in [1.165, 1.54) is 18.2 Å². The lowest BCUT2D eigenvalue weighted by Gasteiger charge is -2.31. The molecule has 0 spiro atoms. The molecule has 1 fully saturated rings. The SMILES string of the molecule is C[C@H](C(=O)NC1CCCCC1)N(Cc1ccc(Cl)cc1)C(=O)CSCc1ccc(Cl)cc1Cl. The molecule has 3 rings (SSSR count). The van der Waals surface area contributed by atoms with Crippen LogP contribution in [0.3, 0.4) is 0 Å². The Kier molecular flexibility index (Phi) is 10.2. The number of nitrogens with zero attached hydrogens (tertiary/aromatic N) is 1. The van der Waals surface area contributed by atoms with Gasteiger partial charge in [-0.2, -0.15) is 0 Å². The van der Waals surface area contributed by atoms with Gasteiger partial charge in [-0.15, -0.1) is 11.8 Å². The third kappa shape index (κ3) is 8.10. The van der Waals surface area contributed by atoms with Crippen LogP contribution >= 0.6 is 46.6 Å². The first-order chi connectivity index (χ1) is 15.8. The zero-order chi connectivity index (χ0) is 23.8. The van der Waals surface area contributed by atoms with E-state index < -0.39 is 6.04 Å². The van der Waals surface area contributed by atoms with E-state index in [4.69, 9.17) is 34.8 Å². The molecular formula is C25H29Cl3N2O2S. The molecule has 0 bridgehead atoms. The van der Waals surface area contributed by atoms with Gasteiger partial charge in [0.2, 0.25) is 11.8 Å². The van der Waals surface area contributed by atoms with Gasteiger partial charge >= 0.3 is 0 Å². The third-order valence-corrected chi connectivity index (χ3v) is 7.69. The van der Waals surface area contributed by atoms with Gasteiger partial charge in [-0.3, -0.25) is 9.59 Å². The first kappa shape index (κ1) is 26.2. The summed E-state index contributed by atoms with van der Waals surface area (Å²) in [6, 6.07) is 12.3. The number of rotatable bonds is 9. The predicted octanol–water partition coefficient (Wildman–Crippen LogP) is 6.75. The molecular weight excluding hydrogens is 499 g/mol. The van der Waals surface area contributed by atoms with E-state index in [1.807, 2.05) is 18.2 Å². The van der Waals surface area contributed by atoms with Crippen LogP contribution < -0.4 is 5.32 Å². The van der Waals surface area contributed by atoms with Crippen LogP contribution in [0.4, 0.5) is 0 Å². The van der Waals surface area contributed by atoms with Crippen molar-refractivity contribution >= 4 is 58.4 Å². The summed E-state index contributed by atoms with van der Waals surface area (Å²) in [5.41, 5.74) is 1.85. The molecule has 1 saturated carbocycles. The molecule has 1 aliphatic carbocycles. The number of halogens is 3. The minimum Gasteiger partial charge on any atom is -0.352 e. The van der Waals surface area contributed by atoms with E-state index >= 15 is 0 Å². The van der Waals surface area contributed by atoms with Crippen molar-refractivity contribution < 1.29 is 9.59 Å². The Labute approximate surface area is 215 Å². The fourth-order valence-corrected chi connectivity index (χ4v) is 5.50. The minimum atomic E-state index is -0.574. The second-order valence-electron chi connectivity index (χ2n) is 8.40. The van der Waals surface area contributed by atoms with Crippen molar-refractivity contribution in [2.24, 2.45) is 0 Å². The van der Waals surface area contributed by atoms with Gasteiger partial charge in [0.05, 0.1) is 5.75 Å². The van der Waals surface area contributed by atoms with Gasteiger partial charge < -0.3 is 10.2 Å². The maximum absolute atomic E-state index is 13.2. The van der Waals surface area contributed by atoms with Crippen LogP contribution in [0.2, 0.25) is 15.1 Å². The molecule has 1 aliphatic rings. The monoisotopic (exact) mass is 526 g/mol. The molecule has 178 valence electrons. The Morgan fingerprint density at radius 3 is 2.36 bits per heavy atom. The van der Waals surface area contributed by atoms with Gasteiger partial charge in [0, 0.05) is 33.4 Å². The van der Waals surface area contributed by atoms with Crippen LogP contribution in [0.5, 0.6) is 0 Å². The third-order valence-electron chi connectivity index (χ3n) is 5.88. The normalized spacial score (nSPS) is 15.2. The molecule has 1 N–H and O–H groups in total. The second kappa shape index (κ2) is 12.9. The lowest BCUT2D eigenvalue weighted by Crippen LogP contribution is -2.50. The maximum Gasteiger partial charge on any atom is 0.242 e. The first-order valence-electron chi connectivity index (χ1n) is 11.2. The highest BCUT2D eigenvalue weighted by Gasteiger charge is 2.28. The Morgan fingerprint density at radius 1 is 1.03 bits per heavy atom. The van der Waals surface area contributed by atoms with Crippen molar-refractivity contribution in [2.75, 3.05) is 5.75 Å². The molecule has 4 nitrogen and oxygen atoms in total. The van der Waals surface area contributed by atoms with Crippen LogP contribution in [0.15, 0.2) is 42.5 Å². The molecule has 0 aliphatic heterocycles. The van der Waals surface area contributed by atoms with E-state index in [9.17, 15) is 9.59 Å². The van der Waals surface area contributed by atoms with Crippen LogP contribution in [0.1, 0.15) is 50.2 Å². The van der Waals surface area contributed by atoms with Gasteiger partial charge in [-0.1, -0.05) is 72.3 Å². The number of hydrogen-bond acceptors (Lipinski definition) is 3. The molecule has 0 heterocycles. The summed E-state index contributed by atoms with van der Waals surface area (Å²) < 4.78 is 0. The highest BCUT2D eigenvalue weighted by atomic mass is 35.5. The Hall–Kier alpha value is -1.40. The number of hydrogen-bond donors (Lipinski definition) is 1. The fraction of sp³-hybridized carbons (Fsp3) is 0.440. The summed E-state index contributed by atoms with van der Waals surface area (Å²) in [4.78, 5) is 27.9. The molecule has 33 heavy (non-hydrogen) atoms. The predicted molar refractivity (Wildman–Crippen MR) is 139 cm³/mol. The summed E-state index contributed by atoms with van der Waals surface area (Å²) in [5, 5.41) is 4.95.